The molecule has 18 heavy (non-hydrogen) atoms. The van der Waals surface area contributed by atoms with Crippen LogP contribution in [0.5, 0.6) is 0 Å². The predicted molar refractivity (Wildman–Crippen MR) is 72.6 cm³/mol. The summed E-state index contributed by atoms with van der Waals surface area (Å²) in [6.07, 6.45) is 4.83. The standard InChI is InChI=1S/C14H24F2OS/c1-17-10-5-7-11(8-6-10)18-9-12-13(15)3-2-4-14(12)16/h10-14H,2-9H2,1H3. The first-order valence-electron chi connectivity index (χ1n) is 7.13. The topological polar surface area (TPSA) is 9.23 Å². The van der Waals surface area contributed by atoms with Crippen molar-refractivity contribution in [2.75, 3.05) is 12.9 Å². The zero-order valence-electron chi connectivity index (χ0n) is 11.1. The van der Waals surface area contributed by atoms with Crippen molar-refractivity contribution < 1.29 is 13.5 Å². The van der Waals surface area contributed by atoms with E-state index >= 15 is 0 Å². The Kier molecular flexibility index (Phi) is 5.74. The van der Waals surface area contributed by atoms with Gasteiger partial charge in [-0.1, -0.05) is 0 Å². The third kappa shape index (κ3) is 3.83. The molecule has 1 nitrogen and oxygen atoms in total. The molecule has 0 radical (unpaired) electrons. The van der Waals surface area contributed by atoms with Gasteiger partial charge in [-0.05, 0) is 44.9 Å². The van der Waals surface area contributed by atoms with Crippen molar-refractivity contribution in [1.29, 1.82) is 0 Å². The molecule has 2 unspecified atom stereocenters. The van der Waals surface area contributed by atoms with Crippen LogP contribution in [-0.4, -0.2) is 36.6 Å². The van der Waals surface area contributed by atoms with Gasteiger partial charge in [-0.2, -0.15) is 11.8 Å². The number of methoxy groups -OCH3 is 1. The summed E-state index contributed by atoms with van der Waals surface area (Å²) in [6.45, 7) is 0. The first kappa shape index (κ1) is 14.6. The fourth-order valence-corrected chi connectivity index (χ4v) is 4.57. The SMILES string of the molecule is COC1CCC(SCC2C(F)CCCC2F)CC1. The van der Waals surface area contributed by atoms with Crippen LogP contribution in [0.25, 0.3) is 0 Å². The second-order valence-corrected chi connectivity index (χ2v) is 6.93. The Morgan fingerprint density at radius 3 is 2.17 bits per heavy atom. The lowest BCUT2D eigenvalue weighted by atomic mass is 9.87. The van der Waals surface area contributed by atoms with Crippen LogP contribution in [0.4, 0.5) is 8.78 Å². The monoisotopic (exact) mass is 278 g/mol. The Bertz CT molecular complexity index is 234. The highest BCUT2D eigenvalue weighted by molar-refractivity contribution is 7.99. The molecule has 0 aliphatic heterocycles. The van der Waals surface area contributed by atoms with Crippen molar-refractivity contribution in [3.63, 3.8) is 0 Å². The molecule has 2 saturated carbocycles. The van der Waals surface area contributed by atoms with Crippen molar-refractivity contribution in [2.24, 2.45) is 5.92 Å². The number of rotatable bonds is 4. The van der Waals surface area contributed by atoms with Crippen LogP contribution < -0.4 is 0 Å². The van der Waals surface area contributed by atoms with Gasteiger partial charge in [-0.15, -0.1) is 0 Å². The summed E-state index contributed by atoms with van der Waals surface area (Å²) in [5.74, 6) is 0.300. The minimum Gasteiger partial charge on any atom is -0.381 e. The molecular formula is C14H24F2OS. The molecule has 0 N–H and O–H groups in total. The van der Waals surface area contributed by atoms with E-state index in [9.17, 15) is 8.78 Å². The van der Waals surface area contributed by atoms with Gasteiger partial charge in [-0.3, -0.25) is 0 Å². The summed E-state index contributed by atoms with van der Waals surface area (Å²) < 4.78 is 32.7. The largest absolute Gasteiger partial charge is 0.381 e. The number of hydrogen-bond donors (Lipinski definition) is 0. The summed E-state index contributed by atoms with van der Waals surface area (Å²) in [5.41, 5.74) is 0. The lowest BCUT2D eigenvalue weighted by Crippen LogP contribution is -2.33. The first-order valence-corrected chi connectivity index (χ1v) is 8.18. The van der Waals surface area contributed by atoms with Gasteiger partial charge in [0.15, 0.2) is 0 Å². The van der Waals surface area contributed by atoms with Gasteiger partial charge in [0, 0.05) is 24.0 Å². The van der Waals surface area contributed by atoms with Gasteiger partial charge in [0.1, 0.15) is 12.3 Å². The van der Waals surface area contributed by atoms with Gasteiger partial charge >= 0.3 is 0 Å². The Hall–Kier alpha value is 0.170. The van der Waals surface area contributed by atoms with E-state index in [1.165, 1.54) is 0 Å². The van der Waals surface area contributed by atoms with Gasteiger partial charge in [-0.25, -0.2) is 8.78 Å². The molecule has 2 aliphatic rings. The lowest BCUT2D eigenvalue weighted by Gasteiger charge is -2.32. The molecule has 0 amide bonds. The number of alkyl halides is 2. The van der Waals surface area contributed by atoms with E-state index in [4.69, 9.17) is 4.74 Å². The molecular weight excluding hydrogens is 254 g/mol. The molecule has 2 fully saturated rings. The minimum absolute atomic E-state index is 0.358. The van der Waals surface area contributed by atoms with E-state index in [2.05, 4.69) is 0 Å². The van der Waals surface area contributed by atoms with Crippen molar-refractivity contribution in [2.45, 2.75) is 68.6 Å². The Labute approximate surface area is 113 Å². The molecule has 0 aromatic heterocycles. The fraction of sp³-hybridized carbons (Fsp3) is 1.00. The van der Waals surface area contributed by atoms with Gasteiger partial charge < -0.3 is 4.74 Å². The van der Waals surface area contributed by atoms with Crippen LogP contribution in [0.2, 0.25) is 0 Å². The summed E-state index contributed by atoms with van der Waals surface area (Å²) >= 11 is 1.79. The molecule has 0 spiro atoms. The Balaban J connectivity index is 1.71. The van der Waals surface area contributed by atoms with E-state index in [0.29, 0.717) is 36.4 Å². The molecule has 4 heteroatoms. The molecule has 0 bridgehead atoms. The Morgan fingerprint density at radius 2 is 1.61 bits per heavy atom. The zero-order valence-corrected chi connectivity index (χ0v) is 11.9. The number of hydrogen-bond acceptors (Lipinski definition) is 2. The molecule has 2 atom stereocenters. The maximum absolute atomic E-state index is 13.7. The number of thioether (sulfide) groups is 1. The van der Waals surface area contributed by atoms with Crippen molar-refractivity contribution in [3.8, 4) is 0 Å². The van der Waals surface area contributed by atoms with Crippen LogP contribution in [0.1, 0.15) is 44.9 Å². The smallest absolute Gasteiger partial charge is 0.106 e. The van der Waals surface area contributed by atoms with E-state index < -0.39 is 12.3 Å². The lowest BCUT2D eigenvalue weighted by molar-refractivity contribution is 0.0719. The summed E-state index contributed by atoms with van der Waals surface area (Å²) in [6, 6.07) is 0. The molecule has 2 rings (SSSR count). The summed E-state index contributed by atoms with van der Waals surface area (Å²) in [5, 5.41) is 0.581. The maximum atomic E-state index is 13.7. The van der Waals surface area contributed by atoms with E-state index in [1.807, 2.05) is 0 Å². The van der Waals surface area contributed by atoms with Crippen LogP contribution in [0.3, 0.4) is 0 Å². The third-order valence-electron chi connectivity index (χ3n) is 4.37. The van der Waals surface area contributed by atoms with Crippen LogP contribution in [0.15, 0.2) is 0 Å². The van der Waals surface area contributed by atoms with Crippen molar-refractivity contribution in [1.82, 2.24) is 0 Å². The molecule has 0 aromatic rings. The second-order valence-electron chi connectivity index (χ2n) is 5.59. The normalized spacial score (nSPS) is 41.8. The van der Waals surface area contributed by atoms with Crippen LogP contribution in [-0.2, 0) is 4.74 Å². The van der Waals surface area contributed by atoms with E-state index in [0.717, 1.165) is 25.7 Å². The average Bonchev–Trinajstić information content (AvgIpc) is 2.39. The Morgan fingerprint density at radius 1 is 1.00 bits per heavy atom. The molecule has 2 aliphatic carbocycles. The van der Waals surface area contributed by atoms with Crippen LogP contribution >= 0.6 is 11.8 Å². The van der Waals surface area contributed by atoms with Gasteiger partial charge in [0.05, 0.1) is 6.10 Å². The molecule has 106 valence electrons. The summed E-state index contributed by atoms with van der Waals surface area (Å²) in [7, 11) is 1.77. The molecule has 0 heterocycles. The summed E-state index contributed by atoms with van der Waals surface area (Å²) in [4.78, 5) is 0. The van der Waals surface area contributed by atoms with E-state index in [1.54, 1.807) is 18.9 Å². The average molecular weight is 278 g/mol. The molecule has 0 aromatic carbocycles. The van der Waals surface area contributed by atoms with Crippen LogP contribution in [0, 0.1) is 5.92 Å². The highest BCUT2D eigenvalue weighted by Crippen LogP contribution is 2.36. The third-order valence-corrected chi connectivity index (χ3v) is 5.89. The molecule has 0 saturated heterocycles. The maximum Gasteiger partial charge on any atom is 0.106 e. The van der Waals surface area contributed by atoms with Crippen molar-refractivity contribution in [3.05, 3.63) is 0 Å². The number of halogens is 2. The minimum atomic E-state index is -0.920. The predicted octanol–water partition coefficient (Wildman–Crippen LogP) is 4.15. The van der Waals surface area contributed by atoms with Gasteiger partial charge in [0.2, 0.25) is 0 Å². The first-order chi connectivity index (χ1) is 8.70. The zero-order chi connectivity index (χ0) is 13.0. The van der Waals surface area contributed by atoms with Gasteiger partial charge in [0.25, 0.3) is 0 Å². The fourth-order valence-electron chi connectivity index (χ4n) is 3.05. The van der Waals surface area contributed by atoms with E-state index in [-0.39, 0.29) is 5.92 Å². The quantitative estimate of drug-likeness (QED) is 0.764. The number of ether oxygens (including phenoxy) is 1. The highest BCUT2D eigenvalue weighted by atomic mass is 32.2. The highest BCUT2D eigenvalue weighted by Gasteiger charge is 2.34. The van der Waals surface area contributed by atoms with Crippen molar-refractivity contribution >= 4 is 11.8 Å². The second kappa shape index (κ2) is 7.09.